The van der Waals surface area contributed by atoms with Crippen LogP contribution in [0.5, 0.6) is 5.75 Å². The van der Waals surface area contributed by atoms with E-state index >= 15 is 0 Å². The first-order chi connectivity index (χ1) is 13.0. The number of amides is 1. The third-order valence-electron chi connectivity index (χ3n) is 6.70. The van der Waals surface area contributed by atoms with Crippen LogP contribution in [0.25, 0.3) is 0 Å². The molecule has 5 nitrogen and oxygen atoms in total. The van der Waals surface area contributed by atoms with Crippen molar-refractivity contribution in [2.24, 2.45) is 23.2 Å². The number of ether oxygens (including phenoxy) is 1. The summed E-state index contributed by atoms with van der Waals surface area (Å²) in [6, 6.07) is 7.69. The predicted molar refractivity (Wildman–Crippen MR) is 101 cm³/mol. The summed E-state index contributed by atoms with van der Waals surface area (Å²) in [7, 11) is 0. The highest BCUT2D eigenvalue weighted by Gasteiger charge is 2.54. The SMILES string of the molecule is O=C(O)CCCOc1ccc(CNC(=O)C23CC4CC(CC(C4)C2)C3)cc1. The van der Waals surface area contributed by atoms with Crippen LogP contribution >= 0.6 is 0 Å². The molecule has 5 heteroatoms. The standard InChI is InChI=1S/C22H29NO4/c24-20(25)2-1-7-27-19-5-3-15(4-6-19)14-23-21(26)22-11-16-8-17(12-22)10-18(9-16)13-22/h3-6,16-18H,1-2,7-14H2,(H,23,26)(H,24,25). The summed E-state index contributed by atoms with van der Waals surface area (Å²) in [5.41, 5.74) is 0.966. The predicted octanol–water partition coefficient (Wildman–Crippen LogP) is 3.76. The number of benzene rings is 1. The second-order valence-corrected chi connectivity index (χ2v) is 8.87. The second-order valence-electron chi connectivity index (χ2n) is 8.87. The molecular weight excluding hydrogens is 342 g/mol. The van der Waals surface area contributed by atoms with Crippen LogP contribution in [-0.2, 0) is 16.1 Å². The molecule has 1 amide bonds. The Labute approximate surface area is 160 Å². The molecule has 5 rings (SSSR count). The zero-order valence-electron chi connectivity index (χ0n) is 15.8. The molecule has 0 heterocycles. The van der Waals surface area contributed by atoms with Gasteiger partial charge < -0.3 is 15.2 Å². The third-order valence-corrected chi connectivity index (χ3v) is 6.70. The monoisotopic (exact) mass is 371 g/mol. The van der Waals surface area contributed by atoms with Crippen molar-refractivity contribution in [3.63, 3.8) is 0 Å². The fourth-order valence-corrected chi connectivity index (χ4v) is 5.88. The molecule has 4 aliphatic rings. The molecule has 0 aromatic heterocycles. The molecule has 0 saturated heterocycles. The van der Waals surface area contributed by atoms with Crippen LogP contribution < -0.4 is 10.1 Å². The van der Waals surface area contributed by atoms with Gasteiger partial charge in [0, 0.05) is 18.4 Å². The minimum atomic E-state index is -0.802. The molecular formula is C22H29NO4. The van der Waals surface area contributed by atoms with Gasteiger partial charge in [0.1, 0.15) is 5.75 Å². The van der Waals surface area contributed by atoms with E-state index in [1.807, 2.05) is 24.3 Å². The van der Waals surface area contributed by atoms with Crippen molar-refractivity contribution in [2.45, 2.75) is 57.9 Å². The van der Waals surface area contributed by atoms with E-state index in [2.05, 4.69) is 5.32 Å². The van der Waals surface area contributed by atoms with Crippen molar-refractivity contribution in [1.82, 2.24) is 5.32 Å². The quantitative estimate of drug-likeness (QED) is 0.682. The van der Waals surface area contributed by atoms with E-state index in [4.69, 9.17) is 9.84 Å². The van der Waals surface area contributed by atoms with E-state index in [0.29, 0.717) is 19.6 Å². The second kappa shape index (κ2) is 7.53. The van der Waals surface area contributed by atoms with Gasteiger partial charge in [0.2, 0.25) is 5.91 Å². The van der Waals surface area contributed by atoms with Crippen LogP contribution in [0.3, 0.4) is 0 Å². The average molecular weight is 371 g/mol. The zero-order chi connectivity index (χ0) is 18.9. The summed E-state index contributed by atoms with van der Waals surface area (Å²) in [5, 5.41) is 11.8. The normalized spacial score (nSPS) is 30.9. The molecule has 0 aliphatic heterocycles. The molecule has 4 bridgehead atoms. The van der Waals surface area contributed by atoms with Crippen molar-refractivity contribution in [2.75, 3.05) is 6.61 Å². The van der Waals surface area contributed by atoms with Crippen LogP contribution in [-0.4, -0.2) is 23.6 Å². The van der Waals surface area contributed by atoms with E-state index in [-0.39, 0.29) is 17.7 Å². The number of carbonyl (C=O) groups is 2. The molecule has 27 heavy (non-hydrogen) atoms. The highest BCUT2D eigenvalue weighted by Crippen LogP contribution is 2.60. The van der Waals surface area contributed by atoms with Gasteiger partial charge >= 0.3 is 5.97 Å². The molecule has 0 radical (unpaired) electrons. The number of hydrogen-bond donors (Lipinski definition) is 2. The Bertz CT molecular complexity index is 661. The average Bonchev–Trinajstić information content (AvgIpc) is 2.63. The van der Waals surface area contributed by atoms with E-state index in [0.717, 1.165) is 48.3 Å². The van der Waals surface area contributed by atoms with E-state index in [1.54, 1.807) is 0 Å². The Morgan fingerprint density at radius 2 is 1.63 bits per heavy atom. The number of carbonyl (C=O) groups excluding carboxylic acids is 1. The van der Waals surface area contributed by atoms with Crippen LogP contribution in [0.4, 0.5) is 0 Å². The molecule has 146 valence electrons. The fraction of sp³-hybridized carbons (Fsp3) is 0.636. The minimum Gasteiger partial charge on any atom is -0.494 e. The molecule has 1 aromatic rings. The molecule has 4 saturated carbocycles. The molecule has 0 spiro atoms. The molecule has 0 atom stereocenters. The number of carboxylic acids is 1. The van der Waals surface area contributed by atoms with Gasteiger partial charge in [-0.3, -0.25) is 9.59 Å². The van der Waals surface area contributed by atoms with Gasteiger partial charge in [0.15, 0.2) is 0 Å². The number of aliphatic carboxylic acids is 1. The van der Waals surface area contributed by atoms with Crippen LogP contribution in [0, 0.1) is 23.2 Å². The summed E-state index contributed by atoms with van der Waals surface area (Å²) in [4.78, 5) is 23.5. The lowest BCUT2D eigenvalue weighted by molar-refractivity contribution is -0.146. The first-order valence-corrected chi connectivity index (χ1v) is 10.2. The van der Waals surface area contributed by atoms with Gasteiger partial charge in [-0.2, -0.15) is 0 Å². The Morgan fingerprint density at radius 1 is 1.04 bits per heavy atom. The fourth-order valence-electron chi connectivity index (χ4n) is 5.88. The minimum absolute atomic E-state index is 0.0953. The van der Waals surface area contributed by atoms with E-state index < -0.39 is 5.97 Å². The third kappa shape index (κ3) is 4.12. The van der Waals surface area contributed by atoms with Crippen LogP contribution in [0.1, 0.15) is 56.9 Å². The maximum absolute atomic E-state index is 13.0. The Balaban J connectivity index is 1.26. The topological polar surface area (TPSA) is 75.6 Å². The van der Waals surface area contributed by atoms with Crippen molar-refractivity contribution < 1.29 is 19.4 Å². The van der Waals surface area contributed by atoms with Crippen LogP contribution in [0.2, 0.25) is 0 Å². The van der Waals surface area contributed by atoms with Gasteiger partial charge in [-0.15, -0.1) is 0 Å². The first kappa shape index (κ1) is 18.3. The lowest BCUT2D eigenvalue weighted by Gasteiger charge is -2.55. The molecule has 2 N–H and O–H groups in total. The highest BCUT2D eigenvalue weighted by atomic mass is 16.5. The number of hydrogen-bond acceptors (Lipinski definition) is 3. The summed E-state index contributed by atoms with van der Waals surface area (Å²) in [6.07, 6.45) is 7.93. The number of carboxylic acid groups (broad SMARTS) is 1. The highest BCUT2D eigenvalue weighted by molar-refractivity contribution is 5.83. The van der Waals surface area contributed by atoms with Crippen molar-refractivity contribution in [1.29, 1.82) is 0 Å². The lowest BCUT2D eigenvalue weighted by atomic mass is 9.49. The molecule has 0 unspecified atom stereocenters. The molecule has 4 fully saturated rings. The number of nitrogens with one attached hydrogen (secondary N) is 1. The van der Waals surface area contributed by atoms with Gasteiger partial charge in [0.05, 0.1) is 6.61 Å². The zero-order valence-corrected chi connectivity index (χ0v) is 15.8. The van der Waals surface area contributed by atoms with Crippen molar-refractivity contribution in [3.8, 4) is 5.75 Å². The maximum atomic E-state index is 13.0. The largest absolute Gasteiger partial charge is 0.494 e. The summed E-state index contributed by atoms with van der Waals surface area (Å²) in [6.45, 7) is 0.953. The van der Waals surface area contributed by atoms with Crippen molar-refractivity contribution >= 4 is 11.9 Å². The van der Waals surface area contributed by atoms with Crippen LogP contribution in [0.15, 0.2) is 24.3 Å². The summed E-state index contributed by atoms with van der Waals surface area (Å²) in [5.74, 6) is 2.52. The lowest BCUT2D eigenvalue weighted by Crippen LogP contribution is -2.53. The van der Waals surface area contributed by atoms with Crippen molar-refractivity contribution in [3.05, 3.63) is 29.8 Å². The summed E-state index contributed by atoms with van der Waals surface area (Å²) >= 11 is 0. The van der Waals surface area contributed by atoms with E-state index in [9.17, 15) is 9.59 Å². The number of rotatable bonds is 8. The van der Waals surface area contributed by atoms with Gasteiger partial charge in [-0.1, -0.05) is 12.1 Å². The first-order valence-electron chi connectivity index (χ1n) is 10.2. The molecule has 4 aliphatic carbocycles. The van der Waals surface area contributed by atoms with E-state index in [1.165, 1.54) is 19.3 Å². The summed E-state index contributed by atoms with van der Waals surface area (Å²) < 4.78 is 5.55. The van der Waals surface area contributed by atoms with Gasteiger partial charge in [0.25, 0.3) is 0 Å². The van der Waals surface area contributed by atoms with Gasteiger partial charge in [-0.25, -0.2) is 0 Å². The van der Waals surface area contributed by atoms with Gasteiger partial charge in [-0.05, 0) is 80.4 Å². The Kier molecular flexibility index (Phi) is 5.11. The Morgan fingerprint density at radius 3 is 2.19 bits per heavy atom. The Hall–Kier alpha value is -2.04. The smallest absolute Gasteiger partial charge is 0.303 e. The molecule has 1 aromatic carbocycles. The maximum Gasteiger partial charge on any atom is 0.303 e.